The van der Waals surface area contributed by atoms with Crippen LogP contribution in [-0.4, -0.2) is 24.0 Å². The van der Waals surface area contributed by atoms with Crippen molar-refractivity contribution in [2.75, 3.05) is 12.4 Å². The molecule has 0 atom stereocenters. The molecule has 0 saturated carbocycles. The zero-order chi connectivity index (χ0) is 18.6. The molecule has 0 saturated heterocycles. The Kier molecular flexibility index (Phi) is 5.64. The molecule has 2 amide bonds. The molecule has 0 aliphatic heterocycles. The maximum absolute atomic E-state index is 11.9. The first-order valence-electron chi connectivity index (χ1n) is 7.91. The van der Waals surface area contributed by atoms with E-state index in [2.05, 4.69) is 10.6 Å². The highest BCUT2D eigenvalue weighted by molar-refractivity contribution is 5.96. The van der Waals surface area contributed by atoms with Crippen molar-refractivity contribution in [3.63, 3.8) is 0 Å². The molecule has 6 heteroatoms. The van der Waals surface area contributed by atoms with Crippen LogP contribution in [0.25, 0.3) is 0 Å². The lowest BCUT2D eigenvalue weighted by Gasteiger charge is -2.15. The van der Waals surface area contributed by atoms with E-state index >= 15 is 0 Å². The van der Waals surface area contributed by atoms with Gasteiger partial charge in [0.1, 0.15) is 17.3 Å². The van der Waals surface area contributed by atoms with Gasteiger partial charge >= 0.3 is 0 Å². The zero-order valence-electron chi connectivity index (χ0n) is 14.8. The van der Waals surface area contributed by atoms with Crippen molar-refractivity contribution in [1.29, 1.82) is 0 Å². The fraction of sp³-hybridized carbons (Fsp3) is 0.263. The van der Waals surface area contributed by atoms with Gasteiger partial charge in [0, 0.05) is 26.1 Å². The van der Waals surface area contributed by atoms with Gasteiger partial charge in [-0.3, -0.25) is 9.59 Å². The summed E-state index contributed by atoms with van der Waals surface area (Å²) >= 11 is 0. The van der Waals surface area contributed by atoms with E-state index in [4.69, 9.17) is 4.74 Å². The number of aliphatic hydroxyl groups is 1. The largest absolute Gasteiger partial charge is 0.511 e. The molecule has 132 valence electrons. The van der Waals surface area contributed by atoms with E-state index in [-0.39, 0.29) is 29.6 Å². The number of carbonyl (C=O) groups is 2. The van der Waals surface area contributed by atoms with Crippen LogP contribution in [0.15, 0.2) is 47.5 Å². The van der Waals surface area contributed by atoms with Gasteiger partial charge in [-0.15, -0.1) is 0 Å². The van der Waals surface area contributed by atoms with Crippen LogP contribution in [-0.2, 0) is 9.59 Å². The minimum Gasteiger partial charge on any atom is -0.511 e. The first-order chi connectivity index (χ1) is 11.8. The topological polar surface area (TPSA) is 87.7 Å². The zero-order valence-corrected chi connectivity index (χ0v) is 14.8. The number of rotatable bonds is 4. The fourth-order valence-electron chi connectivity index (χ4n) is 2.57. The lowest BCUT2D eigenvalue weighted by molar-refractivity contribution is -0.117. The van der Waals surface area contributed by atoms with Crippen LogP contribution in [0.1, 0.15) is 24.5 Å². The third-order valence-electron chi connectivity index (χ3n) is 3.66. The molecule has 25 heavy (non-hydrogen) atoms. The Morgan fingerprint density at radius 1 is 1.20 bits per heavy atom. The number of anilines is 1. The number of aliphatic hydroxyl groups excluding tert-OH is 1. The number of amides is 2. The number of nitrogens with one attached hydrogen (secondary N) is 2. The number of ether oxygens (including phenoxy) is 1. The molecule has 3 N–H and O–H groups in total. The minimum absolute atomic E-state index is 0.0105. The highest BCUT2D eigenvalue weighted by Gasteiger charge is 2.16. The van der Waals surface area contributed by atoms with Crippen LogP contribution >= 0.6 is 0 Å². The standard InChI is InChI=1S/C19H22N2O4/c1-11-8-14(21-13(3)22)9-12(2)18(11)25-15-6-5-7-17(23)16(10-15)19(24)20-4/h5-6,8-10,23H,7H2,1-4H3,(H,20,24)(H,21,22). The fourth-order valence-corrected chi connectivity index (χ4v) is 2.57. The van der Waals surface area contributed by atoms with Crippen molar-refractivity contribution in [1.82, 2.24) is 5.32 Å². The molecule has 0 radical (unpaired) electrons. The summed E-state index contributed by atoms with van der Waals surface area (Å²) in [5.74, 6) is 0.557. The molecule has 6 nitrogen and oxygen atoms in total. The molecule has 0 bridgehead atoms. The van der Waals surface area contributed by atoms with Crippen LogP contribution < -0.4 is 15.4 Å². The molecule has 0 unspecified atom stereocenters. The van der Waals surface area contributed by atoms with Crippen molar-refractivity contribution in [3.05, 3.63) is 58.6 Å². The van der Waals surface area contributed by atoms with Gasteiger partial charge in [-0.2, -0.15) is 0 Å². The molecule has 1 aromatic carbocycles. The second-order valence-electron chi connectivity index (χ2n) is 5.82. The van der Waals surface area contributed by atoms with E-state index in [9.17, 15) is 14.7 Å². The lowest BCUT2D eigenvalue weighted by atomic mass is 10.1. The highest BCUT2D eigenvalue weighted by atomic mass is 16.5. The summed E-state index contributed by atoms with van der Waals surface area (Å²) in [6.45, 7) is 5.21. The Morgan fingerprint density at radius 2 is 1.84 bits per heavy atom. The van der Waals surface area contributed by atoms with E-state index in [1.807, 2.05) is 26.0 Å². The van der Waals surface area contributed by atoms with E-state index in [0.29, 0.717) is 17.2 Å². The first-order valence-corrected chi connectivity index (χ1v) is 7.91. The van der Waals surface area contributed by atoms with Gasteiger partial charge in [-0.1, -0.05) is 6.08 Å². The summed E-state index contributed by atoms with van der Waals surface area (Å²) in [6.07, 6.45) is 5.21. The van der Waals surface area contributed by atoms with Crippen LogP contribution in [0, 0.1) is 13.8 Å². The van der Waals surface area contributed by atoms with Gasteiger partial charge in [0.2, 0.25) is 5.91 Å². The summed E-state index contributed by atoms with van der Waals surface area (Å²) in [6, 6.07) is 3.63. The number of hydrogen-bond acceptors (Lipinski definition) is 4. The molecule has 2 rings (SSSR count). The Labute approximate surface area is 146 Å². The third-order valence-corrected chi connectivity index (χ3v) is 3.66. The number of carbonyl (C=O) groups excluding carboxylic acids is 2. The first kappa shape index (κ1) is 18.3. The number of hydrogen-bond donors (Lipinski definition) is 3. The molecule has 0 aromatic heterocycles. The van der Waals surface area contributed by atoms with Gasteiger partial charge in [-0.05, 0) is 49.3 Å². The van der Waals surface area contributed by atoms with E-state index in [1.54, 1.807) is 12.2 Å². The molecular weight excluding hydrogens is 320 g/mol. The highest BCUT2D eigenvalue weighted by Crippen LogP contribution is 2.30. The Balaban J connectivity index is 2.35. The molecular formula is C19H22N2O4. The lowest BCUT2D eigenvalue weighted by Crippen LogP contribution is -2.20. The maximum Gasteiger partial charge on any atom is 0.254 e. The minimum atomic E-state index is -0.378. The van der Waals surface area contributed by atoms with Crippen LogP contribution in [0.5, 0.6) is 5.75 Å². The van der Waals surface area contributed by atoms with Crippen molar-refractivity contribution in [2.24, 2.45) is 0 Å². The van der Waals surface area contributed by atoms with Crippen LogP contribution in [0.2, 0.25) is 0 Å². The molecule has 1 aromatic rings. The van der Waals surface area contributed by atoms with E-state index in [1.165, 1.54) is 20.0 Å². The second-order valence-corrected chi connectivity index (χ2v) is 5.82. The number of allylic oxidation sites excluding steroid dienone is 2. The Morgan fingerprint density at radius 3 is 2.40 bits per heavy atom. The smallest absolute Gasteiger partial charge is 0.254 e. The van der Waals surface area contributed by atoms with Crippen molar-refractivity contribution >= 4 is 17.5 Å². The molecule has 0 spiro atoms. The quantitative estimate of drug-likeness (QED) is 0.785. The van der Waals surface area contributed by atoms with E-state index in [0.717, 1.165) is 11.1 Å². The molecule has 1 aliphatic rings. The molecule has 0 heterocycles. The Bertz CT molecular complexity index is 781. The number of benzene rings is 1. The van der Waals surface area contributed by atoms with E-state index < -0.39 is 0 Å². The monoisotopic (exact) mass is 342 g/mol. The van der Waals surface area contributed by atoms with Gasteiger partial charge in [-0.25, -0.2) is 0 Å². The summed E-state index contributed by atoms with van der Waals surface area (Å²) in [5, 5.41) is 15.2. The average molecular weight is 342 g/mol. The van der Waals surface area contributed by atoms with Gasteiger partial charge in [0.15, 0.2) is 0 Å². The second kappa shape index (κ2) is 7.70. The van der Waals surface area contributed by atoms with Crippen LogP contribution in [0.3, 0.4) is 0 Å². The molecule has 0 fully saturated rings. The summed E-state index contributed by atoms with van der Waals surface area (Å²) in [7, 11) is 1.50. The summed E-state index contributed by atoms with van der Waals surface area (Å²) in [4.78, 5) is 23.1. The predicted octanol–water partition coefficient (Wildman–Crippen LogP) is 3.04. The summed E-state index contributed by atoms with van der Waals surface area (Å²) in [5.41, 5.74) is 2.56. The average Bonchev–Trinajstić information content (AvgIpc) is 2.71. The van der Waals surface area contributed by atoms with Gasteiger partial charge in [0.25, 0.3) is 5.91 Å². The summed E-state index contributed by atoms with van der Waals surface area (Å²) < 4.78 is 5.97. The number of aryl methyl sites for hydroxylation is 2. The maximum atomic E-state index is 11.9. The SMILES string of the molecule is CNC(=O)C1=C(O)CC=CC(Oc2c(C)cc(NC(C)=O)cc2C)=C1. The van der Waals surface area contributed by atoms with Crippen molar-refractivity contribution in [3.8, 4) is 5.75 Å². The predicted molar refractivity (Wildman–Crippen MR) is 96.4 cm³/mol. The van der Waals surface area contributed by atoms with Crippen molar-refractivity contribution in [2.45, 2.75) is 27.2 Å². The third kappa shape index (κ3) is 4.50. The number of likely N-dealkylation sites (N-methyl/N-ethyl adjacent to an activating group) is 1. The van der Waals surface area contributed by atoms with Gasteiger partial charge in [0.05, 0.1) is 5.57 Å². The van der Waals surface area contributed by atoms with Crippen molar-refractivity contribution < 1.29 is 19.4 Å². The normalized spacial score (nSPS) is 13.8. The van der Waals surface area contributed by atoms with Crippen LogP contribution in [0.4, 0.5) is 5.69 Å². The Hall–Kier alpha value is -3.02. The molecule has 1 aliphatic carbocycles. The van der Waals surface area contributed by atoms with Gasteiger partial charge < -0.3 is 20.5 Å².